The molecule has 1 aliphatic heterocycles. The predicted octanol–water partition coefficient (Wildman–Crippen LogP) is 3.00. The van der Waals surface area contributed by atoms with Gasteiger partial charge < -0.3 is 9.73 Å². The van der Waals surface area contributed by atoms with Gasteiger partial charge in [-0.25, -0.2) is 0 Å². The van der Waals surface area contributed by atoms with Crippen molar-refractivity contribution in [1.29, 1.82) is 0 Å². The van der Waals surface area contributed by atoms with Gasteiger partial charge >= 0.3 is 0 Å². The second-order valence-corrected chi connectivity index (χ2v) is 5.99. The smallest absolute Gasteiger partial charge is 0.287 e. The summed E-state index contributed by atoms with van der Waals surface area (Å²) < 4.78 is 5.21. The van der Waals surface area contributed by atoms with E-state index in [2.05, 4.69) is 30.1 Å². The molecule has 0 saturated carbocycles. The first-order chi connectivity index (χ1) is 10.1. The summed E-state index contributed by atoms with van der Waals surface area (Å²) in [6, 6.07) is 1.81. The topological polar surface area (TPSA) is 45.5 Å². The van der Waals surface area contributed by atoms with Gasteiger partial charge in [-0.15, -0.1) is 0 Å². The van der Waals surface area contributed by atoms with Crippen molar-refractivity contribution in [2.45, 2.75) is 33.6 Å². The van der Waals surface area contributed by atoms with Gasteiger partial charge in [-0.1, -0.05) is 18.6 Å². The minimum absolute atomic E-state index is 0.0991. The quantitative estimate of drug-likeness (QED) is 0.819. The molecule has 0 unspecified atom stereocenters. The van der Waals surface area contributed by atoms with E-state index in [0.29, 0.717) is 11.7 Å². The Balaban J connectivity index is 1.75. The van der Waals surface area contributed by atoms with Crippen LogP contribution in [0.3, 0.4) is 0 Å². The van der Waals surface area contributed by atoms with Crippen LogP contribution in [0.25, 0.3) is 0 Å². The van der Waals surface area contributed by atoms with Crippen LogP contribution in [0.2, 0.25) is 0 Å². The van der Waals surface area contributed by atoms with E-state index in [4.69, 9.17) is 4.42 Å². The number of hydrogen-bond acceptors (Lipinski definition) is 3. The van der Waals surface area contributed by atoms with Gasteiger partial charge in [0.2, 0.25) is 0 Å². The summed E-state index contributed by atoms with van der Waals surface area (Å²) in [7, 11) is 0. The average Bonchev–Trinajstić information content (AvgIpc) is 3.05. The zero-order valence-electron chi connectivity index (χ0n) is 13.3. The van der Waals surface area contributed by atoms with E-state index in [9.17, 15) is 4.79 Å². The second kappa shape index (κ2) is 7.46. The maximum atomic E-state index is 12.0. The molecule has 0 spiro atoms. The van der Waals surface area contributed by atoms with Crippen LogP contribution in [0.15, 0.2) is 28.4 Å². The first-order valence-corrected chi connectivity index (χ1v) is 7.80. The molecule has 2 rings (SSSR count). The van der Waals surface area contributed by atoms with E-state index in [1.165, 1.54) is 5.57 Å². The van der Waals surface area contributed by atoms with E-state index in [0.717, 1.165) is 44.6 Å². The summed E-state index contributed by atoms with van der Waals surface area (Å²) in [6.07, 6.45) is 6.09. The van der Waals surface area contributed by atoms with Crippen molar-refractivity contribution < 1.29 is 9.21 Å². The molecule has 21 heavy (non-hydrogen) atoms. The van der Waals surface area contributed by atoms with Crippen LogP contribution >= 0.6 is 0 Å². The Morgan fingerprint density at radius 1 is 1.57 bits per heavy atom. The van der Waals surface area contributed by atoms with Crippen LogP contribution < -0.4 is 5.32 Å². The maximum absolute atomic E-state index is 12.0. The summed E-state index contributed by atoms with van der Waals surface area (Å²) in [4.78, 5) is 14.5. The van der Waals surface area contributed by atoms with Gasteiger partial charge in [-0.3, -0.25) is 9.69 Å². The Labute approximate surface area is 127 Å². The third-order valence-corrected chi connectivity index (χ3v) is 4.02. The minimum atomic E-state index is -0.0991. The number of carbonyl (C=O) groups excluding carboxylic acids is 1. The van der Waals surface area contributed by atoms with Crippen molar-refractivity contribution >= 4 is 5.91 Å². The number of hydrogen-bond donors (Lipinski definition) is 1. The highest BCUT2D eigenvalue weighted by molar-refractivity contribution is 5.92. The summed E-state index contributed by atoms with van der Waals surface area (Å²) in [5.41, 5.74) is 2.33. The van der Waals surface area contributed by atoms with Crippen LogP contribution in [-0.4, -0.2) is 37.0 Å². The van der Waals surface area contributed by atoms with Gasteiger partial charge in [0.05, 0.1) is 6.26 Å². The van der Waals surface area contributed by atoms with Crippen molar-refractivity contribution in [1.82, 2.24) is 10.2 Å². The number of likely N-dealkylation sites (tertiary alicyclic amines) is 1. The van der Waals surface area contributed by atoms with Crippen LogP contribution in [0, 0.1) is 12.8 Å². The number of furan rings is 1. The third-order valence-electron chi connectivity index (χ3n) is 4.02. The molecular formula is C17H26N2O2. The Morgan fingerprint density at radius 3 is 3.05 bits per heavy atom. The van der Waals surface area contributed by atoms with Crippen molar-refractivity contribution in [3.63, 3.8) is 0 Å². The number of rotatable bonds is 6. The largest absolute Gasteiger partial charge is 0.459 e. The molecule has 4 nitrogen and oxygen atoms in total. The number of nitrogens with one attached hydrogen (secondary N) is 1. The van der Waals surface area contributed by atoms with Crippen LogP contribution in [0.5, 0.6) is 0 Å². The molecular weight excluding hydrogens is 264 g/mol. The fourth-order valence-corrected chi connectivity index (χ4v) is 2.91. The summed E-state index contributed by atoms with van der Waals surface area (Å²) in [5, 5.41) is 2.99. The van der Waals surface area contributed by atoms with Gasteiger partial charge in [0.25, 0.3) is 5.91 Å². The number of nitrogens with zero attached hydrogens (tertiary/aromatic N) is 1. The molecule has 1 saturated heterocycles. The minimum Gasteiger partial charge on any atom is -0.459 e. The zero-order chi connectivity index (χ0) is 15.2. The van der Waals surface area contributed by atoms with E-state index in [1.807, 2.05) is 13.0 Å². The van der Waals surface area contributed by atoms with Crippen molar-refractivity contribution in [2.75, 3.05) is 26.2 Å². The summed E-state index contributed by atoms with van der Waals surface area (Å²) in [5.74, 6) is 0.878. The highest BCUT2D eigenvalue weighted by Crippen LogP contribution is 2.17. The lowest BCUT2D eigenvalue weighted by Crippen LogP contribution is -2.31. The van der Waals surface area contributed by atoms with E-state index < -0.39 is 0 Å². The second-order valence-electron chi connectivity index (χ2n) is 5.99. The molecule has 116 valence electrons. The average molecular weight is 290 g/mol. The molecule has 2 heterocycles. The van der Waals surface area contributed by atoms with Crippen molar-refractivity contribution in [3.05, 3.63) is 35.3 Å². The van der Waals surface area contributed by atoms with Crippen LogP contribution in [0.4, 0.5) is 0 Å². The SMILES string of the molecule is CC/C=C(\C)CN1CC[C@H](CNC(=O)c2occc2C)C1. The molecule has 0 aliphatic carbocycles. The van der Waals surface area contributed by atoms with E-state index >= 15 is 0 Å². The lowest BCUT2D eigenvalue weighted by molar-refractivity contribution is 0.0919. The summed E-state index contributed by atoms with van der Waals surface area (Å²) in [6.45, 7) is 10.2. The first-order valence-electron chi connectivity index (χ1n) is 7.80. The third kappa shape index (κ3) is 4.46. The molecule has 0 radical (unpaired) electrons. The number of aryl methyl sites for hydroxylation is 1. The summed E-state index contributed by atoms with van der Waals surface area (Å²) >= 11 is 0. The fraction of sp³-hybridized carbons (Fsp3) is 0.588. The Bertz CT molecular complexity index is 505. The van der Waals surface area contributed by atoms with Crippen molar-refractivity contribution in [3.8, 4) is 0 Å². The molecule has 1 atom stereocenters. The molecule has 1 fully saturated rings. The van der Waals surface area contributed by atoms with Crippen LogP contribution in [-0.2, 0) is 0 Å². The predicted molar refractivity (Wildman–Crippen MR) is 84.4 cm³/mol. The van der Waals surface area contributed by atoms with Gasteiger partial charge in [-0.05, 0) is 45.2 Å². The van der Waals surface area contributed by atoms with E-state index in [1.54, 1.807) is 6.26 Å². The first kappa shape index (κ1) is 15.8. The molecule has 0 bridgehead atoms. The normalized spacial score (nSPS) is 20.0. The molecule has 1 aliphatic rings. The highest BCUT2D eigenvalue weighted by atomic mass is 16.3. The standard InChI is InChI=1S/C17H26N2O2/c1-4-5-13(2)11-19-8-6-15(12-19)10-18-17(20)16-14(3)7-9-21-16/h5,7,9,15H,4,6,8,10-12H2,1-3H3,(H,18,20)/b13-5+/t15-/m1/s1. The fourth-order valence-electron chi connectivity index (χ4n) is 2.91. The molecule has 1 amide bonds. The van der Waals surface area contributed by atoms with Crippen LogP contribution in [0.1, 0.15) is 42.8 Å². The van der Waals surface area contributed by atoms with Crippen molar-refractivity contribution in [2.24, 2.45) is 5.92 Å². The zero-order valence-corrected chi connectivity index (χ0v) is 13.3. The van der Waals surface area contributed by atoms with Gasteiger partial charge in [0, 0.05) is 25.2 Å². The molecule has 4 heteroatoms. The Hall–Kier alpha value is -1.55. The number of amides is 1. The number of allylic oxidation sites excluding steroid dienone is 1. The molecule has 1 aromatic rings. The molecule has 0 aromatic carbocycles. The molecule has 1 aromatic heterocycles. The van der Waals surface area contributed by atoms with E-state index in [-0.39, 0.29) is 5.91 Å². The Morgan fingerprint density at radius 2 is 2.38 bits per heavy atom. The van der Waals surface area contributed by atoms with Gasteiger partial charge in [0.15, 0.2) is 5.76 Å². The monoisotopic (exact) mass is 290 g/mol. The lowest BCUT2D eigenvalue weighted by atomic mass is 10.1. The molecule has 1 N–H and O–H groups in total. The Kier molecular flexibility index (Phi) is 5.62. The lowest BCUT2D eigenvalue weighted by Gasteiger charge is -2.16. The maximum Gasteiger partial charge on any atom is 0.287 e. The van der Waals surface area contributed by atoms with Gasteiger partial charge in [-0.2, -0.15) is 0 Å². The number of carbonyl (C=O) groups is 1. The highest BCUT2D eigenvalue weighted by Gasteiger charge is 2.23. The van der Waals surface area contributed by atoms with Gasteiger partial charge in [0.1, 0.15) is 0 Å².